The van der Waals surface area contributed by atoms with Gasteiger partial charge in [0, 0.05) is 30.7 Å². The predicted octanol–water partition coefficient (Wildman–Crippen LogP) is 7.83. The number of hydrogen-bond donors (Lipinski definition) is 0. The molecule has 2 aliphatic heterocycles. The molecule has 0 N–H and O–H groups in total. The molecule has 0 amide bonds. The van der Waals surface area contributed by atoms with Crippen molar-refractivity contribution in [2.24, 2.45) is 0 Å². The lowest BCUT2D eigenvalue weighted by Crippen LogP contribution is -2.08. The van der Waals surface area contributed by atoms with E-state index in [-0.39, 0.29) is 11.5 Å². The van der Waals surface area contributed by atoms with Crippen LogP contribution in [0.25, 0.3) is 23.7 Å². The Bertz CT molecular complexity index is 1580. The third-order valence-electron chi connectivity index (χ3n) is 6.18. The summed E-state index contributed by atoms with van der Waals surface area (Å²) in [5, 5.41) is 0. The Hall–Kier alpha value is -3.55. The number of phosphoric acid groups is 1. The van der Waals surface area contributed by atoms with E-state index < -0.39 is 7.82 Å². The molecule has 0 bridgehead atoms. The summed E-state index contributed by atoms with van der Waals surface area (Å²) in [6.45, 7) is 0. The first-order chi connectivity index (χ1) is 18.9. The molecule has 39 heavy (non-hydrogen) atoms. The Balaban J connectivity index is 1.40. The molecule has 2 heterocycles. The van der Waals surface area contributed by atoms with Crippen LogP contribution in [0.1, 0.15) is 22.3 Å². The van der Waals surface area contributed by atoms with Crippen molar-refractivity contribution in [3.63, 3.8) is 0 Å². The maximum Gasteiger partial charge on any atom is 0.372 e. The Labute approximate surface area is 234 Å². The highest BCUT2D eigenvalue weighted by atomic mass is 32.2. The number of rotatable bonds is 6. The molecule has 2 aliphatic rings. The van der Waals surface area contributed by atoms with Gasteiger partial charge in [-0.3, -0.25) is 0 Å². The first kappa shape index (κ1) is 25.7. The van der Waals surface area contributed by atoms with Crippen molar-refractivity contribution < 1.29 is 28.0 Å². The second-order valence-corrected chi connectivity index (χ2v) is 12.1. The first-order valence-corrected chi connectivity index (χ1v) is 15.1. The van der Waals surface area contributed by atoms with Gasteiger partial charge in [0.05, 0.1) is 14.2 Å². The highest BCUT2D eigenvalue weighted by Gasteiger charge is 2.26. The second kappa shape index (κ2) is 10.5. The van der Waals surface area contributed by atoms with Gasteiger partial charge in [-0.15, -0.1) is 0 Å². The van der Waals surface area contributed by atoms with Gasteiger partial charge in [0.15, 0.2) is 0 Å². The summed E-state index contributed by atoms with van der Waals surface area (Å²) in [5.74, 6) is 1.66. The monoisotopic (exact) mass is 573 g/mol. The number of fused-ring (bicyclic) bond motifs is 4. The summed E-state index contributed by atoms with van der Waals surface area (Å²) in [6.07, 6.45) is 3.44. The number of methoxy groups -OCH3 is 2. The molecule has 0 saturated heterocycles. The standard InChI is InChI=1S/C30H23O6PS2/c1-33-21-11-13-23-25(15-19-7-3-5-9-27(19)38-29(23)17-21)35-37(31,32)36-26-16-20-8-4-6-10-28(20)39-30-18-22(34-2)12-14-24(26)30/h3-18H,1-2H3,(H,31,32)/p-1. The van der Waals surface area contributed by atoms with E-state index in [1.165, 1.54) is 23.5 Å². The Morgan fingerprint density at radius 1 is 0.615 bits per heavy atom. The molecule has 196 valence electrons. The van der Waals surface area contributed by atoms with E-state index in [1.807, 2.05) is 60.7 Å². The minimum absolute atomic E-state index is 0.169. The minimum Gasteiger partial charge on any atom is -0.736 e. The maximum absolute atomic E-state index is 13.5. The average molecular weight is 574 g/mol. The Morgan fingerprint density at radius 2 is 1.05 bits per heavy atom. The minimum atomic E-state index is -4.91. The van der Waals surface area contributed by atoms with Crippen LogP contribution in [0.2, 0.25) is 0 Å². The average Bonchev–Trinajstić information content (AvgIpc) is 3.18. The quantitative estimate of drug-likeness (QED) is 0.216. The van der Waals surface area contributed by atoms with Crippen molar-refractivity contribution in [1.82, 2.24) is 0 Å². The molecule has 4 aromatic carbocycles. The predicted molar refractivity (Wildman–Crippen MR) is 153 cm³/mol. The van der Waals surface area contributed by atoms with Gasteiger partial charge in [0.25, 0.3) is 0 Å². The van der Waals surface area contributed by atoms with Gasteiger partial charge < -0.3 is 23.4 Å². The summed E-state index contributed by atoms with van der Waals surface area (Å²) in [7, 11) is -1.73. The van der Waals surface area contributed by atoms with Crippen molar-refractivity contribution in [2.45, 2.75) is 19.6 Å². The first-order valence-electron chi connectivity index (χ1n) is 12.0. The fourth-order valence-corrected chi connectivity index (χ4v) is 7.29. The third-order valence-corrected chi connectivity index (χ3v) is 9.32. The van der Waals surface area contributed by atoms with Crippen LogP contribution >= 0.6 is 31.3 Å². The molecule has 0 unspecified atom stereocenters. The van der Waals surface area contributed by atoms with Crippen LogP contribution < -0.4 is 14.4 Å². The third kappa shape index (κ3) is 5.34. The van der Waals surface area contributed by atoms with E-state index in [2.05, 4.69) is 0 Å². The molecular weight excluding hydrogens is 551 g/mol. The lowest BCUT2D eigenvalue weighted by atomic mass is 10.1. The van der Waals surface area contributed by atoms with Gasteiger partial charge >= 0.3 is 7.82 Å². The van der Waals surface area contributed by atoms with Crippen molar-refractivity contribution in [3.05, 3.63) is 107 Å². The van der Waals surface area contributed by atoms with Crippen LogP contribution in [0, 0.1) is 0 Å². The molecule has 9 heteroatoms. The topological polar surface area (TPSA) is 77.1 Å². The molecule has 0 atom stereocenters. The second-order valence-electron chi connectivity index (χ2n) is 8.65. The Kier molecular flexibility index (Phi) is 6.95. The highest BCUT2D eigenvalue weighted by Crippen LogP contribution is 2.53. The molecule has 4 aromatic rings. The van der Waals surface area contributed by atoms with E-state index in [1.54, 1.807) is 50.6 Å². The van der Waals surface area contributed by atoms with Crippen molar-refractivity contribution in [1.29, 1.82) is 0 Å². The molecule has 6 rings (SSSR count). The molecular formula is C30H22O6PS2-. The summed E-state index contributed by atoms with van der Waals surface area (Å²) in [5.41, 5.74) is 2.92. The zero-order valence-corrected chi connectivity index (χ0v) is 23.5. The van der Waals surface area contributed by atoms with Gasteiger partial charge in [-0.2, -0.15) is 0 Å². The largest absolute Gasteiger partial charge is 0.736 e. The lowest BCUT2D eigenvalue weighted by Gasteiger charge is -2.27. The summed E-state index contributed by atoms with van der Waals surface area (Å²) in [4.78, 5) is 17.1. The SMILES string of the molecule is COc1ccc2c(c1)Sc1ccccc1C=C2OP(=O)([O-])OC1=Cc2ccccc2Sc2cc(OC)ccc21. The van der Waals surface area contributed by atoms with Crippen molar-refractivity contribution >= 4 is 55.0 Å². The maximum atomic E-state index is 13.5. The van der Waals surface area contributed by atoms with Crippen LogP contribution in [0.3, 0.4) is 0 Å². The number of phosphoric ester groups is 1. The van der Waals surface area contributed by atoms with Gasteiger partial charge in [-0.05, 0) is 71.8 Å². The number of hydrogen-bond acceptors (Lipinski definition) is 8. The van der Waals surface area contributed by atoms with Crippen LogP contribution in [-0.4, -0.2) is 14.2 Å². The molecule has 0 aromatic heterocycles. The summed E-state index contributed by atoms with van der Waals surface area (Å²) < 4.78 is 35.8. The number of benzene rings is 4. The van der Waals surface area contributed by atoms with Gasteiger partial charge in [0.1, 0.15) is 23.0 Å². The summed E-state index contributed by atoms with van der Waals surface area (Å²) >= 11 is 3.03. The zero-order valence-electron chi connectivity index (χ0n) is 21.0. The van der Waals surface area contributed by atoms with E-state index >= 15 is 0 Å². The zero-order chi connectivity index (χ0) is 27.0. The lowest BCUT2D eigenvalue weighted by molar-refractivity contribution is -0.213. The van der Waals surface area contributed by atoms with Gasteiger partial charge in [0.2, 0.25) is 0 Å². The van der Waals surface area contributed by atoms with E-state index in [0.717, 1.165) is 30.7 Å². The molecule has 0 radical (unpaired) electrons. The molecule has 0 aliphatic carbocycles. The van der Waals surface area contributed by atoms with E-state index in [4.69, 9.17) is 18.5 Å². The van der Waals surface area contributed by atoms with Crippen LogP contribution in [0.4, 0.5) is 0 Å². The highest BCUT2D eigenvalue weighted by molar-refractivity contribution is 7.99. The normalized spacial score (nSPS) is 13.7. The van der Waals surface area contributed by atoms with Crippen LogP contribution in [-0.2, 0) is 13.6 Å². The van der Waals surface area contributed by atoms with Crippen molar-refractivity contribution in [2.75, 3.05) is 14.2 Å². The molecule has 0 spiro atoms. The van der Waals surface area contributed by atoms with Gasteiger partial charge in [-0.1, -0.05) is 59.9 Å². The molecule has 0 saturated carbocycles. The van der Waals surface area contributed by atoms with Crippen LogP contribution in [0.15, 0.2) is 105 Å². The van der Waals surface area contributed by atoms with Gasteiger partial charge in [-0.25, -0.2) is 4.57 Å². The fourth-order valence-electron chi connectivity index (χ4n) is 4.31. The van der Waals surface area contributed by atoms with Crippen LogP contribution in [0.5, 0.6) is 11.5 Å². The van der Waals surface area contributed by atoms with E-state index in [0.29, 0.717) is 22.6 Å². The summed E-state index contributed by atoms with van der Waals surface area (Å²) in [6, 6.07) is 26.3. The van der Waals surface area contributed by atoms with Crippen molar-refractivity contribution in [3.8, 4) is 11.5 Å². The Morgan fingerprint density at radius 3 is 1.49 bits per heavy atom. The smallest absolute Gasteiger partial charge is 0.372 e. The fraction of sp³-hybridized carbons (Fsp3) is 0.0667. The molecule has 0 fully saturated rings. The molecule has 6 nitrogen and oxygen atoms in total. The van der Waals surface area contributed by atoms with E-state index in [9.17, 15) is 9.46 Å². The number of ether oxygens (including phenoxy) is 2.